The van der Waals surface area contributed by atoms with Crippen LogP contribution in [-0.4, -0.2) is 74.1 Å². The SMILES string of the molecule is O=C(O)CC(=O)O[C@@H]1O[C@H](C(=O)O)[C@@H](O)[C@H](O)[C@H]1O. The molecule has 0 aromatic heterocycles. The highest BCUT2D eigenvalue weighted by molar-refractivity contribution is 5.90. The van der Waals surface area contributed by atoms with E-state index in [0.29, 0.717) is 0 Å². The molecule has 0 aromatic carbocycles. The van der Waals surface area contributed by atoms with Crippen molar-refractivity contribution in [1.82, 2.24) is 0 Å². The topological polar surface area (TPSA) is 171 Å². The molecule has 0 saturated carbocycles. The number of hydrogen-bond donors (Lipinski definition) is 5. The number of aliphatic carboxylic acids is 2. The van der Waals surface area contributed by atoms with Gasteiger partial charge < -0.3 is 35.0 Å². The molecule has 5 atom stereocenters. The molecule has 0 unspecified atom stereocenters. The van der Waals surface area contributed by atoms with E-state index in [2.05, 4.69) is 9.47 Å². The van der Waals surface area contributed by atoms with Crippen LogP contribution < -0.4 is 0 Å². The number of ether oxygens (including phenoxy) is 2. The van der Waals surface area contributed by atoms with Crippen LogP contribution in [0.25, 0.3) is 0 Å². The Morgan fingerprint density at radius 2 is 1.58 bits per heavy atom. The molecule has 0 spiro atoms. The van der Waals surface area contributed by atoms with E-state index < -0.39 is 55.0 Å². The van der Waals surface area contributed by atoms with Crippen molar-refractivity contribution < 1.29 is 49.4 Å². The Bertz CT molecular complexity index is 379. The molecule has 1 aliphatic heterocycles. The molecule has 19 heavy (non-hydrogen) atoms. The summed E-state index contributed by atoms with van der Waals surface area (Å²) in [4.78, 5) is 32.0. The van der Waals surface area contributed by atoms with Crippen LogP contribution in [0.4, 0.5) is 0 Å². The molecule has 1 saturated heterocycles. The minimum Gasteiger partial charge on any atom is -0.481 e. The zero-order valence-corrected chi connectivity index (χ0v) is 9.37. The lowest BCUT2D eigenvalue weighted by molar-refractivity contribution is -0.286. The van der Waals surface area contributed by atoms with Crippen molar-refractivity contribution >= 4 is 17.9 Å². The molecule has 1 aliphatic rings. The lowest BCUT2D eigenvalue weighted by atomic mass is 9.99. The summed E-state index contributed by atoms with van der Waals surface area (Å²) in [5.74, 6) is -4.42. The Hall–Kier alpha value is -1.75. The van der Waals surface area contributed by atoms with E-state index in [0.717, 1.165) is 0 Å². The highest BCUT2D eigenvalue weighted by Crippen LogP contribution is 2.22. The van der Waals surface area contributed by atoms with E-state index in [-0.39, 0.29) is 0 Å². The van der Waals surface area contributed by atoms with Crippen LogP contribution in [0.3, 0.4) is 0 Å². The van der Waals surface area contributed by atoms with Gasteiger partial charge in [0, 0.05) is 0 Å². The first-order valence-corrected chi connectivity index (χ1v) is 5.07. The summed E-state index contributed by atoms with van der Waals surface area (Å²) in [7, 11) is 0. The van der Waals surface area contributed by atoms with Crippen molar-refractivity contribution in [1.29, 1.82) is 0 Å². The highest BCUT2D eigenvalue weighted by atomic mass is 16.7. The number of esters is 1. The van der Waals surface area contributed by atoms with E-state index in [1.807, 2.05) is 0 Å². The second kappa shape index (κ2) is 5.93. The monoisotopic (exact) mass is 280 g/mol. The molecule has 0 bridgehead atoms. The maximum atomic E-state index is 11.0. The first-order chi connectivity index (χ1) is 8.73. The summed E-state index contributed by atoms with van der Waals surface area (Å²) in [6.45, 7) is 0. The fourth-order valence-electron chi connectivity index (χ4n) is 1.44. The van der Waals surface area contributed by atoms with Crippen molar-refractivity contribution in [3.8, 4) is 0 Å². The summed E-state index contributed by atoms with van der Waals surface area (Å²) in [5.41, 5.74) is 0. The van der Waals surface area contributed by atoms with Crippen LogP contribution in [0.5, 0.6) is 0 Å². The molecule has 0 aromatic rings. The maximum absolute atomic E-state index is 11.0. The van der Waals surface area contributed by atoms with Gasteiger partial charge in [0.25, 0.3) is 0 Å². The van der Waals surface area contributed by atoms with E-state index in [4.69, 9.17) is 10.2 Å². The first kappa shape index (κ1) is 15.3. The Kier molecular flexibility index (Phi) is 4.78. The second-order valence-corrected chi connectivity index (χ2v) is 3.80. The molecular formula is C9H12O10. The Morgan fingerprint density at radius 3 is 2.05 bits per heavy atom. The predicted molar refractivity (Wildman–Crippen MR) is 52.7 cm³/mol. The van der Waals surface area contributed by atoms with Gasteiger partial charge in [-0.05, 0) is 0 Å². The van der Waals surface area contributed by atoms with Gasteiger partial charge in [-0.2, -0.15) is 0 Å². The average Bonchev–Trinajstić information content (AvgIpc) is 2.28. The van der Waals surface area contributed by atoms with Gasteiger partial charge in [-0.25, -0.2) is 4.79 Å². The summed E-state index contributed by atoms with van der Waals surface area (Å²) in [6, 6.07) is 0. The van der Waals surface area contributed by atoms with Gasteiger partial charge >= 0.3 is 17.9 Å². The predicted octanol–water partition coefficient (Wildman–Crippen LogP) is -3.10. The standard InChI is InChI=1S/C9H12O10/c10-2(11)1-3(12)18-9-6(15)4(13)5(14)7(19-9)8(16)17/h4-7,9,13-15H,1H2,(H,10,11)(H,16,17)/t4-,5-,6+,7-,9+/m0/s1. The molecule has 0 radical (unpaired) electrons. The smallest absolute Gasteiger partial charge is 0.335 e. The molecule has 0 aliphatic carbocycles. The van der Waals surface area contributed by atoms with Crippen molar-refractivity contribution in [2.24, 2.45) is 0 Å². The summed E-state index contributed by atoms with van der Waals surface area (Å²) < 4.78 is 8.99. The quantitative estimate of drug-likeness (QED) is 0.262. The fourth-order valence-corrected chi connectivity index (χ4v) is 1.44. The van der Waals surface area contributed by atoms with Crippen molar-refractivity contribution in [3.05, 3.63) is 0 Å². The second-order valence-electron chi connectivity index (χ2n) is 3.80. The van der Waals surface area contributed by atoms with E-state index in [1.54, 1.807) is 0 Å². The summed E-state index contributed by atoms with van der Waals surface area (Å²) in [6.07, 6.45) is -10.6. The molecular weight excluding hydrogens is 268 g/mol. The Morgan fingerprint density at radius 1 is 1.00 bits per heavy atom. The number of carbonyl (C=O) groups excluding carboxylic acids is 1. The number of carboxylic acid groups (broad SMARTS) is 2. The minimum atomic E-state index is -1.92. The fraction of sp³-hybridized carbons (Fsp3) is 0.667. The van der Waals surface area contributed by atoms with Crippen LogP contribution in [0, 0.1) is 0 Å². The van der Waals surface area contributed by atoms with E-state index in [9.17, 15) is 29.7 Å². The van der Waals surface area contributed by atoms with Gasteiger partial charge in [-0.1, -0.05) is 0 Å². The van der Waals surface area contributed by atoms with Gasteiger partial charge in [0.05, 0.1) is 0 Å². The van der Waals surface area contributed by atoms with E-state index in [1.165, 1.54) is 0 Å². The first-order valence-electron chi connectivity index (χ1n) is 5.07. The molecule has 5 N–H and O–H groups in total. The number of rotatable bonds is 4. The maximum Gasteiger partial charge on any atom is 0.335 e. The number of hydrogen-bond acceptors (Lipinski definition) is 8. The highest BCUT2D eigenvalue weighted by Gasteiger charge is 2.48. The molecule has 1 heterocycles. The number of aliphatic hydroxyl groups excluding tert-OH is 3. The van der Waals surface area contributed by atoms with Gasteiger partial charge in [0.15, 0.2) is 6.10 Å². The zero-order valence-electron chi connectivity index (χ0n) is 9.37. The normalized spacial score (nSPS) is 34.6. The largest absolute Gasteiger partial charge is 0.481 e. The van der Waals surface area contributed by atoms with Crippen molar-refractivity contribution in [3.63, 3.8) is 0 Å². The molecule has 1 rings (SSSR count). The Balaban J connectivity index is 2.74. The molecule has 1 fully saturated rings. The van der Waals surface area contributed by atoms with Crippen LogP contribution in [0.15, 0.2) is 0 Å². The third kappa shape index (κ3) is 3.61. The number of carboxylic acids is 2. The third-order valence-electron chi connectivity index (χ3n) is 2.36. The van der Waals surface area contributed by atoms with Crippen LogP contribution in [0.1, 0.15) is 6.42 Å². The minimum absolute atomic E-state index is 1.02. The number of aliphatic hydroxyl groups is 3. The molecule has 10 nitrogen and oxygen atoms in total. The zero-order chi connectivity index (χ0) is 14.7. The number of carbonyl (C=O) groups is 3. The molecule has 108 valence electrons. The Labute approximate surface area is 105 Å². The van der Waals surface area contributed by atoms with Crippen LogP contribution in [-0.2, 0) is 23.9 Å². The van der Waals surface area contributed by atoms with Crippen molar-refractivity contribution in [2.75, 3.05) is 0 Å². The molecule has 10 heteroatoms. The summed E-state index contributed by atoms with van der Waals surface area (Å²) >= 11 is 0. The van der Waals surface area contributed by atoms with Crippen molar-refractivity contribution in [2.45, 2.75) is 37.1 Å². The van der Waals surface area contributed by atoms with Gasteiger partial charge in [-0.3, -0.25) is 9.59 Å². The molecule has 0 amide bonds. The third-order valence-corrected chi connectivity index (χ3v) is 2.36. The summed E-state index contributed by atoms with van der Waals surface area (Å²) in [5, 5.41) is 45.2. The lowest BCUT2D eigenvalue weighted by Crippen LogP contribution is -2.60. The van der Waals surface area contributed by atoms with Gasteiger partial charge in [-0.15, -0.1) is 0 Å². The van der Waals surface area contributed by atoms with Crippen LogP contribution in [0.2, 0.25) is 0 Å². The van der Waals surface area contributed by atoms with Gasteiger partial charge in [0.1, 0.15) is 24.7 Å². The van der Waals surface area contributed by atoms with Gasteiger partial charge in [0.2, 0.25) is 6.29 Å². The average molecular weight is 280 g/mol. The van der Waals surface area contributed by atoms with Crippen LogP contribution >= 0.6 is 0 Å². The lowest BCUT2D eigenvalue weighted by Gasteiger charge is -2.37. The van der Waals surface area contributed by atoms with E-state index >= 15 is 0 Å².